The van der Waals surface area contributed by atoms with Crippen molar-refractivity contribution in [1.29, 1.82) is 0 Å². The van der Waals surface area contributed by atoms with Crippen LogP contribution in [0.4, 0.5) is 0 Å². The Hall–Kier alpha value is -0.520. The van der Waals surface area contributed by atoms with E-state index in [4.69, 9.17) is 0 Å². The lowest BCUT2D eigenvalue weighted by atomic mass is 9.92. The van der Waals surface area contributed by atoms with Crippen molar-refractivity contribution >= 4 is 0 Å². The van der Waals surface area contributed by atoms with Gasteiger partial charge in [0.25, 0.3) is 0 Å². The molecule has 0 amide bonds. The Balaban J connectivity index is 0.000000371. The van der Waals surface area contributed by atoms with Crippen LogP contribution < -0.4 is 0 Å². The van der Waals surface area contributed by atoms with Crippen LogP contribution in [0.5, 0.6) is 0 Å². The van der Waals surface area contributed by atoms with Gasteiger partial charge in [0.15, 0.2) is 0 Å². The van der Waals surface area contributed by atoms with Gasteiger partial charge in [-0.25, -0.2) is 0 Å². The molecule has 0 aromatic carbocycles. The molecule has 0 aliphatic heterocycles. The first-order valence-corrected chi connectivity index (χ1v) is 4.15. The lowest BCUT2D eigenvalue weighted by Gasteiger charge is -2.13. The Morgan fingerprint density at radius 2 is 1.10 bits per heavy atom. The standard InChI is InChI=1S/C8H12.C2H6/c1-7-5-3-4-6-8(7)2;1-2/h3-8H,1-2H3;1-2H3/t7-,8?;/m0./s1. The van der Waals surface area contributed by atoms with Gasteiger partial charge in [0.2, 0.25) is 0 Å². The van der Waals surface area contributed by atoms with Gasteiger partial charge in [-0.15, -0.1) is 0 Å². The molecule has 1 aliphatic rings. The predicted molar refractivity (Wildman–Crippen MR) is 48.0 cm³/mol. The highest BCUT2D eigenvalue weighted by Gasteiger charge is 2.05. The number of hydrogen-bond donors (Lipinski definition) is 0. The van der Waals surface area contributed by atoms with E-state index < -0.39 is 0 Å². The lowest BCUT2D eigenvalue weighted by Crippen LogP contribution is -2.03. The minimum absolute atomic E-state index is 0.736. The summed E-state index contributed by atoms with van der Waals surface area (Å²) in [6.45, 7) is 8.48. The Labute approximate surface area is 64.6 Å². The first-order chi connectivity index (χ1) is 4.80. The summed E-state index contributed by atoms with van der Waals surface area (Å²) in [7, 11) is 0. The second-order valence-corrected chi connectivity index (χ2v) is 2.49. The highest BCUT2D eigenvalue weighted by molar-refractivity contribution is 5.12. The van der Waals surface area contributed by atoms with Gasteiger partial charge < -0.3 is 0 Å². The lowest BCUT2D eigenvalue weighted by molar-refractivity contribution is 0.552. The first kappa shape index (κ1) is 9.48. The molecule has 0 saturated carbocycles. The van der Waals surface area contributed by atoms with Crippen LogP contribution in [0.15, 0.2) is 24.3 Å². The van der Waals surface area contributed by atoms with E-state index in [1.165, 1.54) is 0 Å². The van der Waals surface area contributed by atoms with Gasteiger partial charge in [-0.1, -0.05) is 52.0 Å². The Kier molecular flexibility index (Phi) is 5.00. The molecule has 0 fully saturated rings. The van der Waals surface area contributed by atoms with E-state index in [-0.39, 0.29) is 0 Å². The molecule has 0 aromatic heterocycles. The van der Waals surface area contributed by atoms with Crippen LogP contribution in [0.25, 0.3) is 0 Å². The summed E-state index contributed by atoms with van der Waals surface area (Å²) in [5.41, 5.74) is 0. The summed E-state index contributed by atoms with van der Waals surface area (Å²) in [5, 5.41) is 0. The summed E-state index contributed by atoms with van der Waals surface area (Å²) in [4.78, 5) is 0. The Morgan fingerprint density at radius 1 is 0.800 bits per heavy atom. The Morgan fingerprint density at radius 3 is 1.30 bits per heavy atom. The van der Waals surface area contributed by atoms with Crippen LogP contribution in [-0.2, 0) is 0 Å². The summed E-state index contributed by atoms with van der Waals surface area (Å²) in [6, 6.07) is 0. The fourth-order valence-electron chi connectivity index (χ4n) is 0.829. The minimum atomic E-state index is 0.736. The molecule has 0 aromatic rings. The molecule has 1 unspecified atom stereocenters. The third kappa shape index (κ3) is 2.86. The number of rotatable bonds is 0. The van der Waals surface area contributed by atoms with Gasteiger partial charge >= 0.3 is 0 Å². The molecule has 10 heavy (non-hydrogen) atoms. The van der Waals surface area contributed by atoms with Crippen molar-refractivity contribution in [3.05, 3.63) is 24.3 Å². The van der Waals surface area contributed by atoms with E-state index in [9.17, 15) is 0 Å². The Bertz CT molecular complexity index is 104. The SMILES string of the molecule is CC.CC1C=CC=C[C@@H]1C. The maximum absolute atomic E-state index is 2.24. The van der Waals surface area contributed by atoms with E-state index in [1.54, 1.807) is 0 Å². The van der Waals surface area contributed by atoms with Crippen molar-refractivity contribution in [3.8, 4) is 0 Å². The van der Waals surface area contributed by atoms with Crippen molar-refractivity contribution in [3.63, 3.8) is 0 Å². The maximum atomic E-state index is 2.24. The molecule has 1 aliphatic carbocycles. The van der Waals surface area contributed by atoms with E-state index in [0.717, 1.165) is 11.8 Å². The summed E-state index contributed by atoms with van der Waals surface area (Å²) in [6.07, 6.45) is 8.71. The minimum Gasteiger partial charge on any atom is -0.0811 e. The third-order valence-electron chi connectivity index (χ3n) is 1.77. The van der Waals surface area contributed by atoms with Crippen LogP contribution in [0, 0.1) is 11.8 Å². The first-order valence-electron chi connectivity index (χ1n) is 4.15. The van der Waals surface area contributed by atoms with Crippen molar-refractivity contribution in [2.45, 2.75) is 27.7 Å². The van der Waals surface area contributed by atoms with Gasteiger partial charge in [0, 0.05) is 0 Å². The molecule has 0 spiro atoms. The van der Waals surface area contributed by atoms with Crippen LogP contribution in [0.3, 0.4) is 0 Å². The smallest absolute Gasteiger partial charge is 0.0198 e. The van der Waals surface area contributed by atoms with Gasteiger partial charge in [-0.05, 0) is 11.8 Å². The maximum Gasteiger partial charge on any atom is -0.0198 e. The van der Waals surface area contributed by atoms with E-state index in [1.807, 2.05) is 13.8 Å². The molecular formula is C10H18. The molecule has 0 nitrogen and oxygen atoms in total. The molecule has 0 N–H and O–H groups in total. The molecule has 0 heteroatoms. The highest BCUT2D eigenvalue weighted by atomic mass is 14.1. The highest BCUT2D eigenvalue weighted by Crippen LogP contribution is 2.16. The molecule has 58 valence electrons. The second-order valence-electron chi connectivity index (χ2n) is 2.49. The molecular weight excluding hydrogens is 120 g/mol. The van der Waals surface area contributed by atoms with Crippen molar-refractivity contribution < 1.29 is 0 Å². The zero-order chi connectivity index (χ0) is 7.98. The molecule has 2 atom stereocenters. The van der Waals surface area contributed by atoms with Crippen LogP contribution in [0.2, 0.25) is 0 Å². The van der Waals surface area contributed by atoms with Crippen molar-refractivity contribution in [1.82, 2.24) is 0 Å². The zero-order valence-electron chi connectivity index (χ0n) is 7.46. The quantitative estimate of drug-likeness (QED) is 0.481. The number of hydrogen-bond acceptors (Lipinski definition) is 0. The van der Waals surface area contributed by atoms with Crippen LogP contribution in [0.1, 0.15) is 27.7 Å². The fourth-order valence-corrected chi connectivity index (χ4v) is 0.829. The topological polar surface area (TPSA) is 0 Å². The number of allylic oxidation sites excluding steroid dienone is 4. The molecule has 0 heterocycles. The summed E-state index contributed by atoms with van der Waals surface area (Å²) < 4.78 is 0. The van der Waals surface area contributed by atoms with Crippen LogP contribution >= 0.6 is 0 Å². The molecule has 0 bridgehead atoms. The fraction of sp³-hybridized carbons (Fsp3) is 0.600. The molecule has 0 saturated heterocycles. The monoisotopic (exact) mass is 138 g/mol. The van der Waals surface area contributed by atoms with Gasteiger partial charge in [0.05, 0.1) is 0 Å². The second kappa shape index (κ2) is 5.28. The van der Waals surface area contributed by atoms with E-state index in [2.05, 4.69) is 38.2 Å². The van der Waals surface area contributed by atoms with Crippen LogP contribution in [-0.4, -0.2) is 0 Å². The molecule has 0 radical (unpaired) electrons. The predicted octanol–water partition coefficient (Wildman–Crippen LogP) is 3.41. The van der Waals surface area contributed by atoms with Gasteiger partial charge in [0.1, 0.15) is 0 Å². The van der Waals surface area contributed by atoms with Gasteiger partial charge in [-0.2, -0.15) is 0 Å². The largest absolute Gasteiger partial charge is 0.0811 e. The summed E-state index contributed by atoms with van der Waals surface area (Å²) >= 11 is 0. The average molecular weight is 138 g/mol. The van der Waals surface area contributed by atoms with Crippen molar-refractivity contribution in [2.75, 3.05) is 0 Å². The molecule has 1 rings (SSSR count). The summed E-state index contributed by atoms with van der Waals surface area (Å²) in [5.74, 6) is 1.47. The van der Waals surface area contributed by atoms with E-state index in [0.29, 0.717) is 0 Å². The van der Waals surface area contributed by atoms with Gasteiger partial charge in [-0.3, -0.25) is 0 Å². The normalized spacial score (nSPS) is 29.2. The van der Waals surface area contributed by atoms with Crippen molar-refractivity contribution in [2.24, 2.45) is 11.8 Å². The third-order valence-corrected chi connectivity index (χ3v) is 1.77. The van der Waals surface area contributed by atoms with E-state index >= 15 is 0 Å². The zero-order valence-corrected chi connectivity index (χ0v) is 7.46. The average Bonchev–Trinajstić information content (AvgIpc) is 2.00.